The number of epoxide rings is 1. The van der Waals surface area contributed by atoms with Crippen LogP contribution in [0.1, 0.15) is 32.3 Å². The summed E-state index contributed by atoms with van der Waals surface area (Å²) >= 11 is 0. The van der Waals surface area contributed by atoms with Gasteiger partial charge in [-0.15, -0.1) is 0 Å². The van der Waals surface area contributed by atoms with Crippen molar-refractivity contribution in [2.75, 3.05) is 46.1 Å². The van der Waals surface area contributed by atoms with Gasteiger partial charge in [0, 0.05) is 24.6 Å². The van der Waals surface area contributed by atoms with Gasteiger partial charge in [0.2, 0.25) is 0 Å². The van der Waals surface area contributed by atoms with E-state index in [9.17, 15) is 4.79 Å². The lowest BCUT2D eigenvalue weighted by molar-refractivity contribution is -0.136. The van der Waals surface area contributed by atoms with Crippen LogP contribution in [0.25, 0.3) is 0 Å². The number of methoxy groups -OCH3 is 2. The average molecular weight is 488 g/mol. The minimum absolute atomic E-state index is 0.0208. The van der Waals surface area contributed by atoms with Crippen LogP contribution >= 0.6 is 0 Å². The Bertz CT molecular complexity index is 902. The molecule has 1 heterocycles. The van der Waals surface area contributed by atoms with Crippen molar-refractivity contribution in [2.45, 2.75) is 44.5 Å². The number of ether oxygens (including phenoxy) is 6. The Morgan fingerprint density at radius 2 is 1.74 bits per heavy atom. The number of hydrogen-bond acceptors (Lipinski definition) is 7. The first-order valence-electron chi connectivity index (χ1n) is 11.9. The number of nitrogens with one attached hydrogen (secondary N) is 1. The number of benzene rings is 2. The molecule has 0 aliphatic carbocycles. The molecule has 1 amide bonds. The molecule has 192 valence electrons. The van der Waals surface area contributed by atoms with Gasteiger partial charge in [-0.2, -0.15) is 0 Å². The summed E-state index contributed by atoms with van der Waals surface area (Å²) in [5, 5.41) is 2.80. The summed E-state index contributed by atoms with van der Waals surface area (Å²) in [5.74, 6) is 0.562. The molecule has 0 saturated carbocycles. The highest BCUT2D eigenvalue weighted by Gasteiger charge is 2.54. The van der Waals surface area contributed by atoms with E-state index in [0.29, 0.717) is 25.5 Å². The van der Waals surface area contributed by atoms with Crippen molar-refractivity contribution in [1.82, 2.24) is 0 Å². The molecule has 0 unspecified atom stereocenters. The highest BCUT2D eigenvalue weighted by molar-refractivity contribution is 5.84. The molecular weight excluding hydrogens is 450 g/mol. The Labute approximate surface area is 207 Å². The molecule has 5 atom stereocenters. The van der Waals surface area contributed by atoms with E-state index >= 15 is 0 Å². The zero-order chi connectivity index (χ0) is 25.3. The quantitative estimate of drug-likeness (QED) is 0.232. The van der Waals surface area contributed by atoms with E-state index < -0.39 is 17.8 Å². The van der Waals surface area contributed by atoms with Gasteiger partial charge in [-0.25, -0.2) is 4.79 Å². The van der Waals surface area contributed by atoms with Crippen LogP contribution in [-0.2, 0) is 23.7 Å². The minimum atomic E-state index is -0.578. The number of anilines is 1. The Kier molecular flexibility index (Phi) is 9.92. The van der Waals surface area contributed by atoms with Crippen molar-refractivity contribution in [3.05, 3.63) is 60.2 Å². The lowest BCUT2D eigenvalue weighted by atomic mass is 9.81. The fraction of sp³-hybridized carbons (Fsp3) is 0.519. The molecule has 0 radical (unpaired) electrons. The number of amides is 1. The molecule has 35 heavy (non-hydrogen) atoms. The van der Waals surface area contributed by atoms with Crippen molar-refractivity contribution in [2.24, 2.45) is 5.92 Å². The van der Waals surface area contributed by atoms with Crippen molar-refractivity contribution in [3.8, 4) is 5.75 Å². The molecule has 8 nitrogen and oxygen atoms in total. The van der Waals surface area contributed by atoms with Crippen LogP contribution in [0, 0.1) is 5.92 Å². The van der Waals surface area contributed by atoms with Gasteiger partial charge in [0.05, 0.1) is 33.0 Å². The van der Waals surface area contributed by atoms with E-state index in [1.165, 1.54) is 0 Å². The third-order valence-corrected chi connectivity index (χ3v) is 6.36. The second-order valence-corrected chi connectivity index (χ2v) is 8.99. The second kappa shape index (κ2) is 12.9. The molecule has 1 N–H and O–H groups in total. The molecule has 1 saturated heterocycles. The van der Waals surface area contributed by atoms with E-state index in [1.807, 2.05) is 68.4 Å². The molecule has 1 fully saturated rings. The first kappa shape index (κ1) is 26.9. The summed E-state index contributed by atoms with van der Waals surface area (Å²) in [6.45, 7) is 7.58. The van der Waals surface area contributed by atoms with Crippen LogP contribution in [-0.4, -0.2) is 64.7 Å². The largest absolute Gasteiger partial charge is 0.497 e. The van der Waals surface area contributed by atoms with Gasteiger partial charge in [-0.05, 0) is 36.8 Å². The van der Waals surface area contributed by atoms with E-state index in [4.69, 9.17) is 28.4 Å². The molecule has 1 aliphatic heterocycles. The Morgan fingerprint density at radius 1 is 1.06 bits per heavy atom. The smallest absolute Gasteiger partial charge is 0.412 e. The van der Waals surface area contributed by atoms with E-state index in [-0.39, 0.29) is 24.7 Å². The predicted molar refractivity (Wildman–Crippen MR) is 133 cm³/mol. The second-order valence-electron chi connectivity index (χ2n) is 8.99. The Balaban J connectivity index is 1.76. The molecule has 8 heteroatoms. The lowest BCUT2D eigenvalue weighted by Crippen LogP contribution is -2.46. The van der Waals surface area contributed by atoms with Crippen LogP contribution in [0.4, 0.5) is 10.5 Å². The Hall–Kier alpha value is -2.65. The molecule has 0 spiro atoms. The third-order valence-electron chi connectivity index (χ3n) is 6.36. The van der Waals surface area contributed by atoms with E-state index in [0.717, 1.165) is 11.3 Å². The highest BCUT2D eigenvalue weighted by Crippen LogP contribution is 2.40. The summed E-state index contributed by atoms with van der Waals surface area (Å²) in [7, 11) is 3.27. The maximum absolute atomic E-state index is 12.8. The normalized spacial score (nSPS) is 20.4. The SMILES string of the molecule is COCCOCO[C@@H]([C@H](C)[C@@H](OC(=O)Nc1ccccc1)[C@]1(C)CO1)[C@@H](C)c1ccc(OC)cc1. The van der Waals surface area contributed by atoms with Gasteiger partial charge in [-0.3, -0.25) is 5.32 Å². The average Bonchev–Trinajstić information content (AvgIpc) is 3.62. The predicted octanol–water partition coefficient (Wildman–Crippen LogP) is 4.85. The van der Waals surface area contributed by atoms with Crippen LogP contribution in [0.3, 0.4) is 0 Å². The van der Waals surface area contributed by atoms with Crippen molar-refractivity contribution in [1.29, 1.82) is 0 Å². The Morgan fingerprint density at radius 3 is 2.34 bits per heavy atom. The topological polar surface area (TPSA) is 87.8 Å². The molecule has 2 aromatic rings. The lowest BCUT2D eigenvalue weighted by Gasteiger charge is -2.36. The standard InChI is InChI=1S/C27H37NO7/c1-19(21-11-13-23(31-5)14-12-21)24(33-18-32-16-15-30-4)20(2)25(27(3)17-34-27)35-26(29)28-22-9-7-6-8-10-22/h6-14,19-20,24-25H,15-18H2,1-5H3,(H,28,29)/t19-,20-,24+,25+,27-/m0/s1. The van der Waals surface area contributed by atoms with Gasteiger partial charge in [0.1, 0.15) is 24.2 Å². The highest BCUT2D eigenvalue weighted by atomic mass is 16.7. The van der Waals surface area contributed by atoms with Crippen LogP contribution in [0.2, 0.25) is 0 Å². The van der Waals surface area contributed by atoms with E-state index in [2.05, 4.69) is 12.2 Å². The van der Waals surface area contributed by atoms with Gasteiger partial charge in [-0.1, -0.05) is 44.2 Å². The summed E-state index contributed by atoms with van der Waals surface area (Å²) in [5.41, 5.74) is 1.16. The van der Waals surface area contributed by atoms with Crippen molar-refractivity contribution < 1.29 is 33.2 Å². The minimum Gasteiger partial charge on any atom is -0.497 e. The molecule has 1 aliphatic rings. The molecule has 0 bridgehead atoms. The van der Waals surface area contributed by atoms with Gasteiger partial charge >= 0.3 is 6.09 Å². The first-order chi connectivity index (χ1) is 16.9. The summed E-state index contributed by atoms with van der Waals surface area (Å²) in [6, 6.07) is 17.1. The van der Waals surface area contributed by atoms with Crippen molar-refractivity contribution in [3.63, 3.8) is 0 Å². The number of hydrogen-bond donors (Lipinski definition) is 1. The van der Waals surface area contributed by atoms with Gasteiger partial charge in [0.15, 0.2) is 0 Å². The maximum atomic E-state index is 12.8. The van der Waals surface area contributed by atoms with Gasteiger partial charge in [0.25, 0.3) is 0 Å². The third kappa shape index (κ3) is 7.67. The van der Waals surface area contributed by atoms with Crippen molar-refractivity contribution >= 4 is 11.8 Å². The number of rotatable bonds is 14. The summed E-state index contributed by atoms with van der Waals surface area (Å²) in [6.07, 6.45) is -1.38. The molecule has 2 aromatic carbocycles. The molecule has 3 rings (SSSR count). The fourth-order valence-corrected chi connectivity index (χ4v) is 4.20. The zero-order valence-corrected chi connectivity index (χ0v) is 21.2. The number of para-hydroxylation sites is 1. The monoisotopic (exact) mass is 487 g/mol. The maximum Gasteiger partial charge on any atom is 0.412 e. The van der Waals surface area contributed by atoms with Crippen LogP contribution in [0.5, 0.6) is 5.75 Å². The molecular formula is C27H37NO7. The number of carbonyl (C=O) groups is 1. The number of carbonyl (C=O) groups excluding carboxylic acids is 1. The van der Waals surface area contributed by atoms with Gasteiger partial charge < -0.3 is 28.4 Å². The first-order valence-corrected chi connectivity index (χ1v) is 11.9. The summed E-state index contributed by atoms with van der Waals surface area (Å²) in [4.78, 5) is 12.8. The fourth-order valence-electron chi connectivity index (χ4n) is 4.20. The molecule has 0 aromatic heterocycles. The van der Waals surface area contributed by atoms with E-state index in [1.54, 1.807) is 14.2 Å². The van der Waals surface area contributed by atoms with Crippen LogP contribution < -0.4 is 10.1 Å². The zero-order valence-electron chi connectivity index (χ0n) is 21.2. The summed E-state index contributed by atoms with van der Waals surface area (Å²) < 4.78 is 33.9. The van der Waals surface area contributed by atoms with Crippen LogP contribution in [0.15, 0.2) is 54.6 Å².